The standard InChI is InChI=1S/C27H34N4O4/c1-17-8-10-22(18(2)13-17)19(3)28-27(32)21-7-6-12-31(15-21)16-25-29-26(30-35-25)20-9-11-23(33-4)24(14-20)34-5/h8-11,13-14,19,21H,6-7,12,15-16H2,1-5H3,(H,28,32). The lowest BCUT2D eigenvalue weighted by Gasteiger charge is -2.31. The Kier molecular flexibility index (Phi) is 7.70. The van der Waals surface area contributed by atoms with Crippen LogP contribution in [0, 0.1) is 19.8 Å². The van der Waals surface area contributed by atoms with Gasteiger partial charge in [-0.2, -0.15) is 4.98 Å². The number of hydrogen-bond donors (Lipinski definition) is 1. The third-order valence-corrected chi connectivity index (χ3v) is 6.60. The Labute approximate surface area is 206 Å². The number of nitrogens with zero attached hydrogens (tertiary/aromatic N) is 3. The number of rotatable bonds is 8. The van der Waals surface area contributed by atoms with Gasteiger partial charge in [0, 0.05) is 12.1 Å². The maximum atomic E-state index is 13.0. The van der Waals surface area contributed by atoms with E-state index in [1.165, 1.54) is 11.1 Å². The second-order valence-electron chi connectivity index (χ2n) is 9.25. The van der Waals surface area contributed by atoms with Crippen LogP contribution in [0.5, 0.6) is 11.5 Å². The number of aryl methyl sites for hydroxylation is 2. The minimum absolute atomic E-state index is 0.0292. The van der Waals surface area contributed by atoms with Gasteiger partial charge in [0.2, 0.25) is 17.6 Å². The van der Waals surface area contributed by atoms with E-state index in [2.05, 4.69) is 52.4 Å². The van der Waals surface area contributed by atoms with Gasteiger partial charge in [-0.15, -0.1) is 0 Å². The van der Waals surface area contributed by atoms with E-state index in [0.717, 1.165) is 30.5 Å². The first kappa shape index (κ1) is 24.7. The van der Waals surface area contributed by atoms with Gasteiger partial charge in [-0.05, 0) is 69.5 Å². The second kappa shape index (κ2) is 10.9. The number of methoxy groups -OCH3 is 2. The van der Waals surface area contributed by atoms with Crippen LogP contribution in [0.1, 0.15) is 48.4 Å². The molecular formula is C27H34N4O4. The summed E-state index contributed by atoms with van der Waals surface area (Å²) in [4.78, 5) is 19.8. The summed E-state index contributed by atoms with van der Waals surface area (Å²) >= 11 is 0. The van der Waals surface area contributed by atoms with Crippen molar-refractivity contribution >= 4 is 5.91 Å². The van der Waals surface area contributed by atoms with Crippen molar-refractivity contribution < 1.29 is 18.8 Å². The first-order chi connectivity index (χ1) is 16.9. The average Bonchev–Trinajstić information content (AvgIpc) is 3.32. The summed E-state index contributed by atoms with van der Waals surface area (Å²) in [5.41, 5.74) is 4.37. The third-order valence-electron chi connectivity index (χ3n) is 6.60. The van der Waals surface area contributed by atoms with E-state index in [4.69, 9.17) is 14.0 Å². The number of carbonyl (C=O) groups excluding carboxylic acids is 1. The summed E-state index contributed by atoms with van der Waals surface area (Å²) in [6.07, 6.45) is 1.83. The molecule has 2 unspecified atom stereocenters. The van der Waals surface area contributed by atoms with E-state index in [1.54, 1.807) is 14.2 Å². The Morgan fingerprint density at radius 1 is 1.17 bits per heavy atom. The zero-order valence-corrected chi connectivity index (χ0v) is 21.1. The Hall–Kier alpha value is -3.39. The molecule has 1 N–H and O–H groups in total. The number of nitrogens with one attached hydrogen (secondary N) is 1. The lowest BCUT2D eigenvalue weighted by molar-refractivity contribution is -0.127. The zero-order chi connectivity index (χ0) is 24.9. The molecular weight excluding hydrogens is 444 g/mol. The molecule has 1 saturated heterocycles. The number of benzene rings is 2. The first-order valence-corrected chi connectivity index (χ1v) is 12.0. The summed E-state index contributed by atoms with van der Waals surface area (Å²) in [6, 6.07) is 11.8. The van der Waals surface area contributed by atoms with E-state index in [1.807, 2.05) is 25.1 Å². The molecule has 3 aromatic rings. The van der Waals surface area contributed by atoms with E-state index in [-0.39, 0.29) is 17.9 Å². The molecule has 0 bridgehead atoms. The lowest BCUT2D eigenvalue weighted by atomic mass is 9.95. The van der Waals surface area contributed by atoms with Crippen LogP contribution in [0.3, 0.4) is 0 Å². The Bertz CT molecular complexity index is 1180. The van der Waals surface area contributed by atoms with E-state index >= 15 is 0 Å². The van der Waals surface area contributed by atoms with Crippen molar-refractivity contribution in [3.05, 3.63) is 59.0 Å². The van der Waals surface area contributed by atoms with Crippen LogP contribution in [0.2, 0.25) is 0 Å². The molecule has 186 valence electrons. The molecule has 4 rings (SSSR count). The zero-order valence-electron chi connectivity index (χ0n) is 21.1. The summed E-state index contributed by atoms with van der Waals surface area (Å²) in [6.45, 7) is 8.29. The van der Waals surface area contributed by atoms with Crippen LogP contribution in [-0.2, 0) is 11.3 Å². The van der Waals surface area contributed by atoms with Gasteiger partial charge in [-0.25, -0.2) is 0 Å². The van der Waals surface area contributed by atoms with Gasteiger partial charge >= 0.3 is 0 Å². The molecule has 8 nitrogen and oxygen atoms in total. The Morgan fingerprint density at radius 2 is 1.97 bits per heavy atom. The van der Waals surface area contributed by atoms with Crippen molar-refractivity contribution in [2.24, 2.45) is 5.92 Å². The van der Waals surface area contributed by atoms with Crippen molar-refractivity contribution in [3.8, 4) is 22.9 Å². The van der Waals surface area contributed by atoms with E-state index in [9.17, 15) is 4.79 Å². The normalized spacial score (nSPS) is 17.1. The number of amides is 1. The number of ether oxygens (including phenoxy) is 2. The maximum absolute atomic E-state index is 13.0. The fourth-order valence-electron chi connectivity index (χ4n) is 4.74. The van der Waals surface area contributed by atoms with Crippen molar-refractivity contribution in [1.29, 1.82) is 0 Å². The maximum Gasteiger partial charge on any atom is 0.241 e. The lowest BCUT2D eigenvalue weighted by Crippen LogP contribution is -2.43. The van der Waals surface area contributed by atoms with Crippen LogP contribution in [0.4, 0.5) is 0 Å². The van der Waals surface area contributed by atoms with Crippen LogP contribution < -0.4 is 14.8 Å². The molecule has 0 radical (unpaired) electrons. The predicted molar refractivity (Wildman–Crippen MR) is 133 cm³/mol. The van der Waals surface area contributed by atoms with Crippen LogP contribution in [-0.4, -0.2) is 48.3 Å². The minimum Gasteiger partial charge on any atom is -0.493 e. The first-order valence-electron chi connectivity index (χ1n) is 12.0. The van der Waals surface area contributed by atoms with Gasteiger partial charge in [0.1, 0.15) is 0 Å². The molecule has 1 amide bonds. The molecule has 1 aliphatic rings. The van der Waals surface area contributed by atoms with Gasteiger partial charge in [0.25, 0.3) is 0 Å². The second-order valence-corrected chi connectivity index (χ2v) is 9.25. The highest BCUT2D eigenvalue weighted by Crippen LogP contribution is 2.31. The molecule has 35 heavy (non-hydrogen) atoms. The van der Waals surface area contributed by atoms with Gasteiger partial charge in [-0.1, -0.05) is 28.9 Å². The SMILES string of the molecule is COc1ccc(-c2noc(CN3CCCC(C(=O)NC(C)c4ccc(C)cc4C)C3)n2)cc1OC. The Balaban J connectivity index is 1.37. The van der Waals surface area contributed by atoms with Crippen molar-refractivity contribution in [1.82, 2.24) is 20.4 Å². The molecule has 2 atom stereocenters. The molecule has 0 aliphatic carbocycles. The molecule has 0 spiro atoms. The fourth-order valence-corrected chi connectivity index (χ4v) is 4.74. The number of likely N-dealkylation sites (tertiary alicyclic amines) is 1. The molecule has 2 heterocycles. The van der Waals surface area contributed by atoms with Gasteiger partial charge in [-0.3, -0.25) is 9.69 Å². The molecule has 8 heteroatoms. The molecule has 2 aromatic carbocycles. The van der Waals surface area contributed by atoms with Gasteiger partial charge < -0.3 is 19.3 Å². The Morgan fingerprint density at radius 3 is 2.71 bits per heavy atom. The monoisotopic (exact) mass is 478 g/mol. The topological polar surface area (TPSA) is 89.7 Å². The summed E-state index contributed by atoms with van der Waals surface area (Å²) in [5.74, 6) is 2.30. The number of hydrogen-bond acceptors (Lipinski definition) is 7. The van der Waals surface area contributed by atoms with Crippen molar-refractivity contribution in [2.75, 3.05) is 27.3 Å². The largest absolute Gasteiger partial charge is 0.493 e. The fraction of sp³-hybridized carbons (Fsp3) is 0.444. The summed E-state index contributed by atoms with van der Waals surface area (Å²) in [5, 5.41) is 7.35. The molecule has 1 fully saturated rings. The predicted octanol–water partition coefficient (Wildman–Crippen LogP) is 4.46. The van der Waals surface area contributed by atoms with Crippen LogP contribution >= 0.6 is 0 Å². The minimum atomic E-state index is -0.0646. The highest BCUT2D eigenvalue weighted by atomic mass is 16.5. The van der Waals surface area contributed by atoms with Crippen molar-refractivity contribution in [2.45, 2.75) is 46.2 Å². The average molecular weight is 479 g/mol. The van der Waals surface area contributed by atoms with Crippen LogP contribution in [0.25, 0.3) is 11.4 Å². The number of piperidine rings is 1. The van der Waals surface area contributed by atoms with E-state index < -0.39 is 0 Å². The van der Waals surface area contributed by atoms with Gasteiger partial charge in [0.15, 0.2) is 11.5 Å². The molecule has 0 saturated carbocycles. The summed E-state index contributed by atoms with van der Waals surface area (Å²) < 4.78 is 16.2. The van der Waals surface area contributed by atoms with E-state index in [0.29, 0.717) is 36.3 Å². The number of aromatic nitrogens is 2. The highest BCUT2D eigenvalue weighted by molar-refractivity contribution is 5.79. The smallest absolute Gasteiger partial charge is 0.241 e. The molecule has 1 aliphatic heterocycles. The quantitative estimate of drug-likeness (QED) is 0.511. The van der Waals surface area contributed by atoms with Crippen molar-refractivity contribution in [3.63, 3.8) is 0 Å². The third kappa shape index (κ3) is 5.82. The number of carbonyl (C=O) groups is 1. The van der Waals surface area contributed by atoms with Gasteiger partial charge in [0.05, 0.1) is 32.7 Å². The highest BCUT2D eigenvalue weighted by Gasteiger charge is 2.28. The molecule has 1 aromatic heterocycles. The van der Waals surface area contributed by atoms with Crippen LogP contribution in [0.15, 0.2) is 40.9 Å². The summed E-state index contributed by atoms with van der Waals surface area (Å²) in [7, 11) is 3.19.